The maximum absolute atomic E-state index is 11.1. The molecule has 0 radical (unpaired) electrons. The van der Waals surface area contributed by atoms with E-state index in [4.69, 9.17) is 0 Å². The van der Waals surface area contributed by atoms with Crippen molar-refractivity contribution in [2.75, 3.05) is 0 Å². The lowest BCUT2D eigenvalue weighted by Gasteiger charge is -2.23. The Labute approximate surface area is 73.2 Å². The molecule has 1 heteroatoms. The van der Waals surface area contributed by atoms with E-state index in [0.29, 0.717) is 0 Å². The molecule has 0 fully saturated rings. The summed E-state index contributed by atoms with van der Waals surface area (Å²) in [5, 5.41) is 0. The average molecular weight is 162 g/mol. The normalized spacial score (nSPS) is 32.9. The Bertz CT molecular complexity index is 260. The molecule has 0 aromatic heterocycles. The molecule has 0 spiro atoms. The van der Waals surface area contributed by atoms with E-state index in [0.717, 1.165) is 30.3 Å². The van der Waals surface area contributed by atoms with Crippen LogP contribution in [0.15, 0.2) is 23.8 Å². The first-order chi connectivity index (χ1) is 5.77. The number of ketones is 1. The maximum atomic E-state index is 11.1. The van der Waals surface area contributed by atoms with Gasteiger partial charge in [-0.2, -0.15) is 0 Å². The summed E-state index contributed by atoms with van der Waals surface area (Å²) < 4.78 is 0. The van der Waals surface area contributed by atoms with E-state index in [1.807, 2.05) is 0 Å². The fraction of sp³-hybridized carbons (Fsp3) is 0.545. The maximum Gasteiger partial charge on any atom is 0.155 e. The second-order valence-electron chi connectivity index (χ2n) is 3.81. The third-order valence-electron chi connectivity index (χ3n) is 3.00. The van der Waals surface area contributed by atoms with Crippen LogP contribution in [0.2, 0.25) is 0 Å². The van der Waals surface area contributed by atoms with Crippen molar-refractivity contribution in [3.8, 4) is 0 Å². The Hall–Kier alpha value is -0.850. The highest BCUT2D eigenvalue weighted by Gasteiger charge is 2.27. The number of allylic oxidation sites excluding steroid dienone is 4. The fourth-order valence-electron chi connectivity index (χ4n) is 2.20. The molecule has 2 aliphatic rings. The van der Waals surface area contributed by atoms with E-state index in [-0.39, 0.29) is 5.78 Å². The zero-order chi connectivity index (χ0) is 8.55. The van der Waals surface area contributed by atoms with Crippen LogP contribution >= 0.6 is 0 Å². The second-order valence-corrected chi connectivity index (χ2v) is 3.81. The van der Waals surface area contributed by atoms with Crippen molar-refractivity contribution in [3.05, 3.63) is 23.8 Å². The van der Waals surface area contributed by atoms with Crippen molar-refractivity contribution >= 4 is 5.78 Å². The minimum atomic E-state index is 0.264. The van der Waals surface area contributed by atoms with Crippen molar-refractivity contribution in [2.45, 2.75) is 26.2 Å². The summed E-state index contributed by atoms with van der Waals surface area (Å²) in [5.74, 6) is 1.72. The van der Waals surface area contributed by atoms with Crippen molar-refractivity contribution in [1.82, 2.24) is 0 Å². The van der Waals surface area contributed by atoms with Gasteiger partial charge < -0.3 is 0 Å². The fourth-order valence-corrected chi connectivity index (χ4v) is 2.20. The van der Waals surface area contributed by atoms with Crippen molar-refractivity contribution < 1.29 is 4.79 Å². The average Bonchev–Trinajstić information content (AvgIpc) is 2.49. The van der Waals surface area contributed by atoms with Crippen LogP contribution in [0.3, 0.4) is 0 Å². The minimum Gasteiger partial charge on any atom is -0.295 e. The molecule has 0 N–H and O–H groups in total. The Morgan fingerprint density at radius 2 is 2.33 bits per heavy atom. The highest BCUT2D eigenvalue weighted by Crippen LogP contribution is 2.37. The molecule has 12 heavy (non-hydrogen) atoms. The van der Waals surface area contributed by atoms with Gasteiger partial charge in [-0.3, -0.25) is 4.79 Å². The first-order valence-corrected chi connectivity index (χ1v) is 4.64. The third-order valence-corrected chi connectivity index (χ3v) is 3.00. The molecule has 0 bridgehead atoms. The van der Waals surface area contributed by atoms with Gasteiger partial charge in [0.2, 0.25) is 0 Å². The molecule has 0 aromatic carbocycles. The van der Waals surface area contributed by atoms with Gasteiger partial charge in [0.25, 0.3) is 0 Å². The van der Waals surface area contributed by atoms with Gasteiger partial charge in [-0.1, -0.05) is 18.2 Å². The zero-order valence-corrected chi connectivity index (χ0v) is 7.42. The molecule has 2 aliphatic carbocycles. The highest BCUT2D eigenvalue weighted by atomic mass is 16.1. The first kappa shape index (κ1) is 7.78. The van der Waals surface area contributed by atoms with Crippen LogP contribution in [0.25, 0.3) is 0 Å². The second kappa shape index (κ2) is 2.89. The molecule has 0 amide bonds. The molecule has 0 aromatic rings. The van der Waals surface area contributed by atoms with Gasteiger partial charge in [0.1, 0.15) is 0 Å². The lowest BCUT2D eigenvalue weighted by molar-refractivity contribution is -0.114. The van der Waals surface area contributed by atoms with E-state index in [1.165, 1.54) is 6.42 Å². The lowest BCUT2D eigenvalue weighted by Crippen LogP contribution is -2.16. The summed E-state index contributed by atoms with van der Waals surface area (Å²) in [6, 6.07) is 0. The van der Waals surface area contributed by atoms with Crippen LogP contribution in [0.5, 0.6) is 0 Å². The Kier molecular flexibility index (Phi) is 1.87. The van der Waals surface area contributed by atoms with E-state index in [1.54, 1.807) is 6.92 Å². The van der Waals surface area contributed by atoms with Gasteiger partial charge >= 0.3 is 0 Å². The van der Waals surface area contributed by atoms with Crippen LogP contribution in [-0.4, -0.2) is 5.78 Å². The number of rotatable bonds is 1. The first-order valence-electron chi connectivity index (χ1n) is 4.64. The Morgan fingerprint density at radius 3 is 3.08 bits per heavy atom. The smallest absolute Gasteiger partial charge is 0.155 e. The van der Waals surface area contributed by atoms with Gasteiger partial charge in [-0.05, 0) is 43.6 Å². The zero-order valence-electron chi connectivity index (χ0n) is 7.42. The van der Waals surface area contributed by atoms with Crippen LogP contribution in [0.1, 0.15) is 26.2 Å². The predicted molar refractivity (Wildman–Crippen MR) is 48.7 cm³/mol. The topological polar surface area (TPSA) is 17.1 Å². The van der Waals surface area contributed by atoms with Gasteiger partial charge in [0.15, 0.2) is 5.78 Å². The number of fused-ring (bicyclic) bond motifs is 1. The molecular weight excluding hydrogens is 148 g/mol. The van der Waals surface area contributed by atoms with Crippen LogP contribution in [-0.2, 0) is 4.79 Å². The van der Waals surface area contributed by atoms with Crippen LogP contribution in [0.4, 0.5) is 0 Å². The molecule has 0 saturated heterocycles. The van der Waals surface area contributed by atoms with Crippen LogP contribution < -0.4 is 0 Å². The summed E-state index contributed by atoms with van der Waals surface area (Å²) >= 11 is 0. The molecule has 0 heterocycles. The lowest BCUT2D eigenvalue weighted by atomic mass is 9.81. The molecular formula is C11H14O. The quantitative estimate of drug-likeness (QED) is 0.541. The number of hydrogen-bond acceptors (Lipinski definition) is 1. The number of Topliss-reactive ketones (excluding diaryl/α,β-unsaturated/α-hetero) is 1. The van der Waals surface area contributed by atoms with E-state index in [2.05, 4.69) is 18.2 Å². The number of carbonyl (C=O) groups excluding carboxylic acids is 1. The molecule has 0 aliphatic heterocycles. The number of carbonyl (C=O) groups is 1. The van der Waals surface area contributed by atoms with Gasteiger partial charge in [-0.25, -0.2) is 0 Å². The van der Waals surface area contributed by atoms with Crippen molar-refractivity contribution in [1.29, 1.82) is 0 Å². The van der Waals surface area contributed by atoms with Crippen molar-refractivity contribution in [2.24, 2.45) is 11.8 Å². The highest BCUT2D eigenvalue weighted by molar-refractivity contribution is 5.93. The molecule has 0 saturated carbocycles. The molecule has 2 rings (SSSR count). The standard InChI is InChI=1S/C11H14O/c1-8(12)10-6-5-9-3-2-4-11(9)7-10/h2-3,6,9,11H,4-5,7H2,1H3/t9-,11+/m0/s1. The molecule has 2 atom stereocenters. The minimum absolute atomic E-state index is 0.264. The van der Waals surface area contributed by atoms with Crippen molar-refractivity contribution in [3.63, 3.8) is 0 Å². The van der Waals surface area contributed by atoms with Crippen LogP contribution in [0, 0.1) is 11.8 Å². The van der Waals surface area contributed by atoms with Gasteiger partial charge in [-0.15, -0.1) is 0 Å². The Balaban J connectivity index is 2.11. The van der Waals surface area contributed by atoms with E-state index >= 15 is 0 Å². The monoisotopic (exact) mass is 162 g/mol. The SMILES string of the molecule is CC(=O)C1=CC[C@@H]2C=CC[C@@H]2C1. The summed E-state index contributed by atoms with van der Waals surface area (Å²) in [6.07, 6.45) is 9.95. The molecule has 1 nitrogen and oxygen atoms in total. The number of hydrogen-bond donors (Lipinski definition) is 0. The van der Waals surface area contributed by atoms with Gasteiger partial charge in [0, 0.05) is 0 Å². The predicted octanol–water partition coefficient (Wildman–Crippen LogP) is 2.49. The van der Waals surface area contributed by atoms with E-state index < -0.39 is 0 Å². The third kappa shape index (κ3) is 1.24. The largest absolute Gasteiger partial charge is 0.295 e. The molecule has 0 unspecified atom stereocenters. The van der Waals surface area contributed by atoms with Gasteiger partial charge in [0.05, 0.1) is 0 Å². The summed E-state index contributed by atoms with van der Waals surface area (Å²) in [7, 11) is 0. The molecule has 64 valence electrons. The summed E-state index contributed by atoms with van der Waals surface area (Å²) in [4.78, 5) is 11.1. The Morgan fingerprint density at radius 1 is 1.50 bits per heavy atom. The summed E-state index contributed by atoms with van der Waals surface area (Å²) in [5.41, 5.74) is 1.06. The van der Waals surface area contributed by atoms with E-state index in [9.17, 15) is 4.79 Å². The summed E-state index contributed by atoms with van der Waals surface area (Å²) in [6.45, 7) is 1.68.